The number of likely N-dealkylation sites (tertiary alicyclic amines) is 1. The number of hydrogen-bond acceptors (Lipinski definition) is 6. The zero-order valence-electron chi connectivity index (χ0n) is 14.6. The van der Waals surface area contributed by atoms with E-state index >= 15 is 0 Å². The minimum absolute atomic E-state index is 0.0199. The van der Waals surface area contributed by atoms with E-state index in [1.807, 2.05) is 22.6 Å². The van der Waals surface area contributed by atoms with Crippen LogP contribution < -0.4 is 5.32 Å². The summed E-state index contributed by atoms with van der Waals surface area (Å²) in [5, 5.41) is 22.9. The number of fused-ring (bicyclic) bond motifs is 1. The molecule has 28 heavy (non-hydrogen) atoms. The van der Waals surface area contributed by atoms with Crippen molar-refractivity contribution in [3.8, 4) is 0 Å². The van der Waals surface area contributed by atoms with Gasteiger partial charge < -0.3 is 24.8 Å². The molecule has 7 nitrogen and oxygen atoms in total. The Morgan fingerprint density at radius 3 is 3.00 bits per heavy atom. The fraction of sp³-hybridized carbons (Fsp3) is 0.263. The van der Waals surface area contributed by atoms with Crippen molar-refractivity contribution in [2.45, 2.75) is 18.6 Å². The number of aliphatic hydroxyl groups is 2. The number of amides is 1. The molecule has 1 fully saturated rings. The second-order valence-electron chi connectivity index (χ2n) is 6.61. The van der Waals surface area contributed by atoms with Crippen LogP contribution in [0.4, 0.5) is 15.8 Å². The molecule has 1 aromatic carbocycles. The van der Waals surface area contributed by atoms with Gasteiger partial charge in [0.05, 0.1) is 29.8 Å². The van der Waals surface area contributed by atoms with E-state index in [0.29, 0.717) is 23.1 Å². The number of nitrogens with one attached hydrogen (secondary N) is 1. The van der Waals surface area contributed by atoms with Crippen molar-refractivity contribution < 1.29 is 23.8 Å². The lowest BCUT2D eigenvalue weighted by Crippen LogP contribution is -2.38. The van der Waals surface area contributed by atoms with Crippen molar-refractivity contribution in [1.82, 2.24) is 9.88 Å². The summed E-state index contributed by atoms with van der Waals surface area (Å²) in [6.07, 6.45) is 2.65. The number of carbonyl (C=O) groups is 1. The van der Waals surface area contributed by atoms with E-state index in [4.69, 9.17) is 4.42 Å². The topological polar surface area (TPSA) is 98.8 Å². The Morgan fingerprint density at radius 2 is 2.25 bits per heavy atom. The monoisotopic (exact) mass is 497 g/mol. The molecule has 0 saturated carbocycles. The van der Waals surface area contributed by atoms with Crippen molar-refractivity contribution >= 4 is 50.8 Å². The first-order valence-corrected chi connectivity index (χ1v) is 9.74. The fourth-order valence-electron chi connectivity index (χ4n) is 3.39. The Morgan fingerprint density at radius 1 is 1.43 bits per heavy atom. The van der Waals surface area contributed by atoms with E-state index in [1.165, 1.54) is 23.4 Å². The minimum Gasteiger partial charge on any atom is -0.448 e. The molecule has 0 bridgehead atoms. The summed E-state index contributed by atoms with van der Waals surface area (Å²) < 4.78 is 20.9. The van der Waals surface area contributed by atoms with Crippen LogP contribution in [0.25, 0.3) is 11.0 Å². The molecule has 1 amide bonds. The van der Waals surface area contributed by atoms with Gasteiger partial charge in [0, 0.05) is 22.5 Å². The van der Waals surface area contributed by atoms with Crippen LogP contribution >= 0.6 is 22.6 Å². The maximum atomic E-state index is 14.4. The lowest BCUT2D eigenvalue weighted by Gasteiger charge is -2.22. The van der Waals surface area contributed by atoms with Crippen molar-refractivity contribution in [3.05, 3.63) is 51.8 Å². The highest BCUT2D eigenvalue weighted by molar-refractivity contribution is 14.1. The molecule has 0 radical (unpaired) electrons. The van der Waals surface area contributed by atoms with E-state index in [1.54, 1.807) is 18.2 Å². The SMILES string of the molecule is O=C(c1oc2ccncc2c1Nc1ccc(I)cc1F)N1C[C@H](O)C[C@@H]1CO. The largest absolute Gasteiger partial charge is 0.448 e. The molecule has 0 unspecified atom stereocenters. The molecule has 1 saturated heterocycles. The van der Waals surface area contributed by atoms with Crippen LogP contribution in [0.2, 0.25) is 0 Å². The van der Waals surface area contributed by atoms with Gasteiger partial charge in [-0.1, -0.05) is 0 Å². The average molecular weight is 497 g/mol. The lowest BCUT2D eigenvalue weighted by atomic mass is 10.2. The number of halogens is 2. The van der Waals surface area contributed by atoms with E-state index in [-0.39, 0.29) is 24.6 Å². The molecule has 2 atom stereocenters. The number of rotatable bonds is 4. The number of aromatic nitrogens is 1. The van der Waals surface area contributed by atoms with Gasteiger partial charge in [-0.15, -0.1) is 0 Å². The molecule has 9 heteroatoms. The highest BCUT2D eigenvalue weighted by Gasteiger charge is 2.37. The third kappa shape index (κ3) is 3.45. The quantitative estimate of drug-likeness (QED) is 0.480. The Balaban J connectivity index is 1.78. The fourth-order valence-corrected chi connectivity index (χ4v) is 3.84. The molecular formula is C19H17FIN3O4. The summed E-state index contributed by atoms with van der Waals surface area (Å²) in [4.78, 5) is 18.6. The molecule has 1 aliphatic rings. The van der Waals surface area contributed by atoms with Crippen LogP contribution in [0.3, 0.4) is 0 Å². The smallest absolute Gasteiger partial charge is 0.292 e. The van der Waals surface area contributed by atoms with Gasteiger partial charge in [0.1, 0.15) is 17.1 Å². The predicted molar refractivity (Wildman–Crippen MR) is 109 cm³/mol. The third-order valence-electron chi connectivity index (χ3n) is 4.74. The Hall–Kier alpha value is -2.24. The molecule has 3 aromatic rings. The van der Waals surface area contributed by atoms with E-state index in [0.717, 1.165) is 3.57 Å². The summed E-state index contributed by atoms with van der Waals surface area (Å²) in [6, 6.07) is 5.81. The normalized spacial score (nSPS) is 19.4. The van der Waals surface area contributed by atoms with Gasteiger partial charge >= 0.3 is 0 Å². The summed E-state index contributed by atoms with van der Waals surface area (Å²) in [5.74, 6) is -0.970. The first-order valence-electron chi connectivity index (χ1n) is 8.66. The van der Waals surface area contributed by atoms with Crippen molar-refractivity contribution in [3.63, 3.8) is 0 Å². The van der Waals surface area contributed by atoms with Crippen molar-refractivity contribution in [1.29, 1.82) is 0 Å². The van der Waals surface area contributed by atoms with Crippen molar-refractivity contribution in [2.24, 2.45) is 0 Å². The first kappa shape index (κ1) is 19.1. The van der Waals surface area contributed by atoms with E-state index < -0.39 is 23.9 Å². The van der Waals surface area contributed by atoms with Crippen molar-refractivity contribution in [2.75, 3.05) is 18.5 Å². The Bertz CT molecular complexity index is 1040. The van der Waals surface area contributed by atoms with Gasteiger partial charge in [-0.3, -0.25) is 9.78 Å². The third-order valence-corrected chi connectivity index (χ3v) is 5.41. The number of β-amino-alcohol motifs (C(OH)–C–C–N with tert-alkyl or cyclic N) is 1. The molecular weight excluding hydrogens is 480 g/mol. The number of anilines is 2. The number of aliphatic hydroxyl groups excluding tert-OH is 2. The second kappa shape index (κ2) is 7.64. The van der Waals surface area contributed by atoms with Gasteiger partial charge in [-0.2, -0.15) is 0 Å². The molecule has 146 valence electrons. The molecule has 1 aliphatic heterocycles. The zero-order chi connectivity index (χ0) is 19.8. The van der Waals surface area contributed by atoms with Gasteiger partial charge in [0.2, 0.25) is 5.76 Å². The number of benzene rings is 1. The summed E-state index contributed by atoms with van der Waals surface area (Å²) in [6.45, 7) is -0.171. The first-order chi connectivity index (χ1) is 13.5. The number of furan rings is 1. The van der Waals surface area contributed by atoms with Gasteiger partial charge in [-0.25, -0.2) is 4.39 Å². The van der Waals surface area contributed by atoms with Crippen LogP contribution in [-0.2, 0) is 0 Å². The van der Waals surface area contributed by atoms with Crippen LogP contribution in [0.5, 0.6) is 0 Å². The predicted octanol–water partition coefficient (Wildman–Crippen LogP) is 2.88. The number of pyridine rings is 1. The average Bonchev–Trinajstić information content (AvgIpc) is 3.24. The maximum absolute atomic E-state index is 14.4. The second-order valence-corrected chi connectivity index (χ2v) is 7.86. The Kier molecular flexibility index (Phi) is 5.21. The van der Waals surface area contributed by atoms with Gasteiger partial charge in [-0.05, 0) is 53.3 Å². The van der Waals surface area contributed by atoms with E-state index in [9.17, 15) is 19.4 Å². The van der Waals surface area contributed by atoms with Crippen LogP contribution in [0.1, 0.15) is 17.0 Å². The van der Waals surface area contributed by atoms with Crippen LogP contribution in [0.15, 0.2) is 41.1 Å². The highest BCUT2D eigenvalue weighted by atomic mass is 127. The number of carbonyl (C=O) groups excluding carboxylic acids is 1. The summed E-state index contributed by atoms with van der Waals surface area (Å²) in [7, 11) is 0. The molecule has 0 aliphatic carbocycles. The highest BCUT2D eigenvalue weighted by Crippen LogP contribution is 2.35. The zero-order valence-corrected chi connectivity index (χ0v) is 16.8. The standard InChI is InChI=1S/C19H17FIN3O4/c20-14-5-10(21)1-2-15(14)23-17-13-7-22-4-3-16(13)28-18(17)19(27)24-8-12(26)6-11(24)9-25/h1-5,7,11-12,23,25-26H,6,8-9H2/t11-,12-/m1/s1. The van der Waals surface area contributed by atoms with Crippen LogP contribution in [0, 0.1) is 9.39 Å². The van der Waals surface area contributed by atoms with E-state index in [2.05, 4.69) is 10.3 Å². The van der Waals surface area contributed by atoms with Gasteiger partial charge in [0.25, 0.3) is 5.91 Å². The molecule has 4 rings (SSSR count). The number of hydrogen-bond donors (Lipinski definition) is 3. The van der Waals surface area contributed by atoms with Crippen LogP contribution in [-0.4, -0.2) is 51.3 Å². The molecule has 3 N–H and O–H groups in total. The Labute approximate surface area is 173 Å². The molecule has 0 spiro atoms. The lowest BCUT2D eigenvalue weighted by molar-refractivity contribution is 0.0637. The maximum Gasteiger partial charge on any atom is 0.292 e. The molecule has 3 heterocycles. The van der Waals surface area contributed by atoms with Gasteiger partial charge in [0.15, 0.2) is 0 Å². The summed E-state index contributed by atoms with van der Waals surface area (Å²) >= 11 is 2.01. The minimum atomic E-state index is -0.711. The summed E-state index contributed by atoms with van der Waals surface area (Å²) in [5.41, 5.74) is 0.916. The molecule has 2 aromatic heterocycles. The number of nitrogens with zero attached hydrogens (tertiary/aromatic N) is 2.